The Morgan fingerprint density at radius 2 is 1.84 bits per heavy atom. The first-order chi connectivity index (χ1) is 21.6. The van der Waals surface area contributed by atoms with Crippen LogP contribution in [0.1, 0.15) is 41.4 Å². The van der Waals surface area contributed by atoms with Crippen molar-refractivity contribution < 1.29 is 27.5 Å². The molecule has 10 nitrogen and oxygen atoms in total. The SMILES string of the molecule is C/C=C\C(=C/C(C)c1cccc(C(=O)N2CCOCC2)c1)C(=O)Nc1ccc(-n2nc(-c3cccnc3)cc2C(F)(F)F)nn1. The molecule has 1 saturated heterocycles. The van der Waals surface area contributed by atoms with Crippen LogP contribution in [0.5, 0.6) is 0 Å². The van der Waals surface area contributed by atoms with Gasteiger partial charge in [-0.1, -0.05) is 37.3 Å². The number of nitrogens with one attached hydrogen (secondary N) is 1. The fourth-order valence-electron chi connectivity index (χ4n) is 4.76. The number of nitrogens with zero attached hydrogens (tertiary/aromatic N) is 6. The zero-order chi connectivity index (χ0) is 32.0. The predicted octanol–water partition coefficient (Wildman–Crippen LogP) is 5.46. The molecule has 1 N–H and O–H groups in total. The molecule has 0 bridgehead atoms. The van der Waals surface area contributed by atoms with E-state index in [4.69, 9.17) is 4.74 Å². The average molecular weight is 618 g/mol. The van der Waals surface area contributed by atoms with Crippen molar-refractivity contribution in [1.82, 2.24) is 29.9 Å². The molecule has 1 fully saturated rings. The molecule has 1 aliphatic heterocycles. The molecule has 2 amide bonds. The second-order valence-electron chi connectivity index (χ2n) is 10.2. The summed E-state index contributed by atoms with van der Waals surface area (Å²) in [4.78, 5) is 31.9. The molecular weight excluding hydrogens is 587 g/mol. The molecule has 5 rings (SSSR count). The number of morpholine rings is 1. The minimum Gasteiger partial charge on any atom is -0.378 e. The summed E-state index contributed by atoms with van der Waals surface area (Å²) in [6.45, 7) is 5.75. The van der Waals surface area contributed by atoms with Gasteiger partial charge < -0.3 is 15.0 Å². The molecule has 1 aromatic carbocycles. The topological polar surface area (TPSA) is 115 Å². The highest BCUT2D eigenvalue weighted by Crippen LogP contribution is 2.33. The van der Waals surface area contributed by atoms with Gasteiger partial charge in [-0.15, -0.1) is 10.2 Å². The Labute approximate surface area is 257 Å². The monoisotopic (exact) mass is 617 g/mol. The van der Waals surface area contributed by atoms with E-state index in [-0.39, 0.29) is 29.2 Å². The lowest BCUT2D eigenvalue weighted by Crippen LogP contribution is -2.40. The van der Waals surface area contributed by atoms with Crippen molar-refractivity contribution in [1.29, 1.82) is 0 Å². The molecule has 0 radical (unpaired) electrons. The summed E-state index contributed by atoms with van der Waals surface area (Å²) in [6, 6.07) is 14.0. The highest BCUT2D eigenvalue weighted by Gasteiger charge is 2.37. The number of carbonyl (C=O) groups is 2. The fraction of sp³-hybridized carbons (Fsp3) is 0.250. The molecular formula is C32H30F3N7O3. The molecule has 13 heteroatoms. The lowest BCUT2D eigenvalue weighted by molar-refractivity contribution is -0.142. The number of benzene rings is 1. The van der Waals surface area contributed by atoms with Crippen LogP contribution >= 0.6 is 0 Å². The maximum Gasteiger partial charge on any atom is 0.433 e. The van der Waals surface area contributed by atoms with Crippen LogP contribution in [-0.4, -0.2) is 68.0 Å². The second-order valence-corrected chi connectivity index (χ2v) is 10.2. The average Bonchev–Trinajstić information content (AvgIpc) is 3.52. The zero-order valence-electron chi connectivity index (χ0n) is 24.5. The minimum atomic E-state index is -4.71. The molecule has 0 spiro atoms. The summed E-state index contributed by atoms with van der Waals surface area (Å²) in [5, 5.41) is 14.6. The van der Waals surface area contributed by atoms with E-state index < -0.39 is 17.8 Å². The Hall–Kier alpha value is -5.17. The molecule has 0 aliphatic carbocycles. The van der Waals surface area contributed by atoms with Crippen LogP contribution in [0.3, 0.4) is 0 Å². The van der Waals surface area contributed by atoms with Gasteiger partial charge in [0.15, 0.2) is 17.3 Å². The maximum absolute atomic E-state index is 13.8. The molecule has 4 aromatic rings. The molecule has 232 valence electrons. The van der Waals surface area contributed by atoms with E-state index in [1.54, 1.807) is 48.3 Å². The third-order valence-electron chi connectivity index (χ3n) is 7.06. The van der Waals surface area contributed by atoms with Gasteiger partial charge in [0.05, 0.1) is 18.9 Å². The van der Waals surface area contributed by atoms with Crippen LogP contribution in [0.4, 0.5) is 19.0 Å². The molecule has 4 heterocycles. The smallest absolute Gasteiger partial charge is 0.378 e. The number of allylic oxidation sites excluding steroid dienone is 2. The highest BCUT2D eigenvalue weighted by atomic mass is 19.4. The Bertz CT molecular complexity index is 1710. The van der Waals surface area contributed by atoms with Gasteiger partial charge in [-0.05, 0) is 55.0 Å². The van der Waals surface area contributed by atoms with Crippen molar-refractivity contribution in [2.24, 2.45) is 0 Å². The summed E-state index contributed by atoms with van der Waals surface area (Å²) in [5.41, 5.74) is 1.18. The van der Waals surface area contributed by atoms with E-state index in [0.717, 1.165) is 11.6 Å². The van der Waals surface area contributed by atoms with E-state index in [0.29, 0.717) is 47.7 Å². The van der Waals surface area contributed by atoms with Gasteiger partial charge in [-0.2, -0.15) is 18.3 Å². The van der Waals surface area contributed by atoms with Crippen molar-refractivity contribution in [3.8, 4) is 17.1 Å². The van der Waals surface area contributed by atoms with Gasteiger partial charge in [-0.3, -0.25) is 14.6 Å². The number of hydrogen-bond acceptors (Lipinski definition) is 7. The van der Waals surface area contributed by atoms with Crippen molar-refractivity contribution in [3.05, 3.63) is 108 Å². The lowest BCUT2D eigenvalue weighted by atomic mass is 9.96. The standard InChI is InChI=1S/C32H30F3N7O3/c1-3-6-23(17-21(2)22-7-4-8-24(18-22)31(44)41-13-15-45-16-14-41)30(43)37-28-10-11-29(39-38-28)42-27(32(33,34)35)19-26(40-42)25-9-5-12-36-20-25/h3-12,17-21H,13-16H2,1-2H3,(H,37,38,43)/b6-3-,23-17+. The number of anilines is 1. The summed E-state index contributed by atoms with van der Waals surface area (Å²) >= 11 is 0. The molecule has 1 unspecified atom stereocenters. The first-order valence-corrected chi connectivity index (χ1v) is 14.2. The van der Waals surface area contributed by atoms with Crippen molar-refractivity contribution in [2.45, 2.75) is 25.9 Å². The molecule has 1 aliphatic rings. The summed E-state index contributed by atoms with van der Waals surface area (Å²) in [5.74, 6) is -0.938. The maximum atomic E-state index is 13.8. The second kappa shape index (κ2) is 13.6. The molecule has 45 heavy (non-hydrogen) atoms. The highest BCUT2D eigenvalue weighted by molar-refractivity contribution is 6.05. The Morgan fingerprint density at radius 3 is 2.51 bits per heavy atom. The Balaban J connectivity index is 1.33. The number of pyridine rings is 1. The van der Waals surface area contributed by atoms with E-state index in [1.807, 2.05) is 25.1 Å². The van der Waals surface area contributed by atoms with Crippen molar-refractivity contribution in [2.75, 3.05) is 31.6 Å². The summed E-state index contributed by atoms with van der Waals surface area (Å²) in [6.07, 6.45) is 3.32. The predicted molar refractivity (Wildman–Crippen MR) is 160 cm³/mol. The quantitative estimate of drug-likeness (QED) is 0.206. The van der Waals surface area contributed by atoms with Crippen LogP contribution in [0.25, 0.3) is 17.1 Å². The van der Waals surface area contributed by atoms with Gasteiger partial charge in [0.25, 0.3) is 11.8 Å². The molecule has 1 atom stereocenters. The minimum absolute atomic E-state index is 0.0399. The zero-order valence-corrected chi connectivity index (χ0v) is 24.5. The van der Waals surface area contributed by atoms with Gasteiger partial charge in [0, 0.05) is 48.1 Å². The van der Waals surface area contributed by atoms with E-state index in [2.05, 4.69) is 25.6 Å². The Kier molecular flexibility index (Phi) is 9.48. The van der Waals surface area contributed by atoms with Crippen LogP contribution in [-0.2, 0) is 15.7 Å². The number of rotatable bonds is 8. The van der Waals surface area contributed by atoms with E-state index in [1.165, 1.54) is 24.5 Å². The van der Waals surface area contributed by atoms with Crippen molar-refractivity contribution in [3.63, 3.8) is 0 Å². The number of amides is 2. The number of halogens is 3. The van der Waals surface area contributed by atoms with Crippen molar-refractivity contribution >= 4 is 17.6 Å². The summed E-state index contributed by atoms with van der Waals surface area (Å²) < 4.78 is 47.5. The number of carbonyl (C=O) groups excluding carboxylic acids is 2. The molecule has 0 saturated carbocycles. The lowest BCUT2D eigenvalue weighted by Gasteiger charge is -2.27. The third-order valence-corrected chi connectivity index (χ3v) is 7.06. The third kappa shape index (κ3) is 7.50. The number of aromatic nitrogens is 5. The van der Waals surface area contributed by atoms with Crippen LogP contribution in [0.15, 0.2) is 90.8 Å². The largest absolute Gasteiger partial charge is 0.433 e. The summed E-state index contributed by atoms with van der Waals surface area (Å²) in [7, 11) is 0. The van der Waals surface area contributed by atoms with Crippen LogP contribution in [0, 0.1) is 0 Å². The first-order valence-electron chi connectivity index (χ1n) is 14.2. The van der Waals surface area contributed by atoms with Gasteiger partial charge in [0.1, 0.15) is 0 Å². The van der Waals surface area contributed by atoms with Crippen LogP contribution < -0.4 is 5.32 Å². The van der Waals surface area contributed by atoms with Gasteiger partial charge in [-0.25, -0.2) is 4.68 Å². The normalized spacial score (nSPS) is 14.9. The number of alkyl halides is 3. The van der Waals surface area contributed by atoms with E-state index >= 15 is 0 Å². The number of ether oxygens (including phenoxy) is 1. The molecule has 3 aromatic heterocycles. The Morgan fingerprint density at radius 1 is 1.04 bits per heavy atom. The van der Waals surface area contributed by atoms with Gasteiger partial charge >= 0.3 is 6.18 Å². The van der Waals surface area contributed by atoms with Gasteiger partial charge in [0.2, 0.25) is 0 Å². The fourth-order valence-corrected chi connectivity index (χ4v) is 4.76. The first kappa shape index (κ1) is 31.3. The number of hydrogen-bond donors (Lipinski definition) is 1. The van der Waals surface area contributed by atoms with E-state index in [9.17, 15) is 22.8 Å². The van der Waals surface area contributed by atoms with Crippen LogP contribution in [0.2, 0.25) is 0 Å².